The van der Waals surface area contributed by atoms with Crippen molar-refractivity contribution in [2.75, 3.05) is 13.6 Å². The molecule has 1 aromatic heterocycles. The number of H-pyrrole nitrogens is 1. The maximum atomic E-state index is 12.7. The Hall–Kier alpha value is -2.37. The average Bonchev–Trinajstić information content (AvgIpc) is 3.01. The van der Waals surface area contributed by atoms with E-state index in [0.717, 1.165) is 30.3 Å². The quantitative estimate of drug-likeness (QED) is 0.873. The SMILES string of the molecule is CNC(=O)C1CCCCN1C(=O)c1ccc2nc[nH]c2c1. The summed E-state index contributed by atoms with van der Waals surface area (Å²) in [6.07, 6.45) is 4.23. The molecule has 1 saturated heterocycles. The number of aromatic amines is 1. The maximum absolute atomic E-state index is 12.7. The van der Waals surface area contributed by atoms with Crippen molar-refractivity contribution < 1.29 is 9.59 Å². The molecule has 1 aromatic carbocycles. The average molecular weight is 286 g/mol. The highest BCUT2D eigenvalue weighted by Gasteiger charge is 2.32. The molecule has 2 N–H and O–H groups in total. The maximum Gasteiger partial charge on any atom is 0.254 e. The molecule has 1 atom stereocenters. The second-order valence-electron chi connectivity index (χ2n) is 5.26. The van der Waals surface area contributed by atoms with Gasteiger partial charge >= 0.3 is 0 Å². The van der Waals surface area contributed by atoms with E-state index in [1.165, 1.54) is 0 Å². The first-order chi connectivity index (χ1) is 10.2. The molecule has 0 saturated carbocycles. The van der Waals surface area contributed by atoms with Crippen LogP contribution in [0.15, 0.2) is 24.5 Å². The Morgan fingerprint density at radius 1 is 1.38 bits per heavy atom. The lowest BCUT2D eigenvalue weighted by Gasteiger charge is -2.34. The summed E-state index contributed by atoms with van der Waals surface area (Å²) in [5.74, 6) is -0.189. The van der Waals surface area contributed by atoms with Gasteiger partial charge in [-0.2, -0.15) is 0 Å². The number of imidazole rings is 1. The van der Waals surface area contributed by atoms with Crippen LogP contribution < -0.4 is 5.32 Å². The predicted octanol–water partition coefficient (Wildman–Crippen LogP) is 1.30. The summed E-state index contributed by atoms with van der Waals surface area (Å²) in [6, 6.07) is 5.01. The summed E-state index contributed by atoms with van der Waals surface area (Å²) < 4.78 is 0. The fourth-order valence-corrected chi connectivity index (χ4v) is 2.85. The molecule has 0 aliphatic carbocycles. The van der Waals surface area contributed by atoms with Crippen molar-refractivity contribution in [1.82, 2.24) is 20.2 Å². The van der Waals surface area contributed by atoms with Crippen LogP contribution in [0.1, 0.15) is 29.6 Å². The predicted molar refractivity (Wildman–Crippen MR) is 78.8 cm³/mol. The molecule has 1 fully saturated rings. The van der Waals surface area contributed by atoms with Crippen molar-refractivity contribution in [3.63, 3.8) is 0 Å². The van der Waals surface area contributed by atoms with E-state index in [2.05, 4.69) is 15.3 Å². The van der Waals surface area contributed by atoms with Gasteiger partial charge in [0.15, 0.2) is 0 Å². The van der Waals surface area contributed by atoms with Gasteiger partial charge in [0.25, 0.3) is 5.91 Å². The van der Waals surface area contributed by atoms with E-state index >= 15 is 0 Å². The third-order valence-corrected chi connectivity index (χ3v) is 3.98. The van der Waals surface area contributed by atoms with Crippen LogP contribution in [0.4, 0.5) is 0 Å². The molecular formula is C15H18N4O2. The van der Waals surface area contributed by atoms with Crippen LogP contribution in [0, 0.1) is 0 Å². The van der Waals surface area contributed by atoms with Crippen LogP contribution in [0.25, 0.3) is 11.0 Å². The number of piperidine rings is 1. The number of hydrogen-bond donors (Lipinski definition) is 2. The zero-order valence-electron chi connectivity index (χ0n) is 11.9. The molecule has 6 nitrogen and oxygen atoms in total. The number of nitrogens with zero attached hydrogens (tertiary/aromatic N) is 2. The molecule has 0 spiro atoms. The Balaban J connectivity index is 1.89. The number of carbonyl (C=O) groups is 2. The number of fused-ring (bicyclic) bond motifs is 1. The highest BCUT2D eigenvalue weighted by molar-refractivity contribution is 5.99. The summed E-state index contributed by atoms with van der Waals surface area (Å²) >= 11 is 0. The number of benzene rings is 1. The molecule has 2 aromatic rings. The van der Waals surface area contributed by atoms with Gasteiger partial charge in [0, 0.05) is 19.2 Å². The Morgan fingerprint density at radius 3 is 3.05 bits per heavy atom. The summed E-state index contributed by atoms with van der Waals surface area (Å²) in [5, 5.41) is 2.65. The molecule has 3 rings (SSSR count). The molecule has 1 aliphatic rings. The monoisotopic (exact) mass is 286 g/mol. The first kappa shape index (κ1) is 13.6. The smallest absolute Gasteiger partial charge is 0.254 e. The van der Waals surface area contributed by atoms with Gasteiger partial charge in [-0.15, -0.1) is 0 Å². The van der Waals surface area contributed by atoms with Gasteiger partial charge in [0.05, 0.1) is 17.4 Å². The van der Waals surface area contributed by atoms with Crippen molar-refractivity contribution >= 4 is 22.8 Å². The van der Waals surface area contributed by atoms with Gasteiger partial charge in [0.1, 0.15) is 6.04 Å². The minimum absolute atomic E-state index is 0.0920. The summed E-state index contributed by atoms with van der Waals surface area (Å²) in [4.78, 5) is 33.5. The second-order valence-corrected chi connectivity index (χ2v) is 5.26. The molecule has 6 heteroatoms. The number of nitrogens with one attached hydrogen (secondary N) is 2. The summed E-state index contributed by atoms with van der Waals surface area (Å²) in [5.41, 5.74) is 2.24. The van der Waals surface area contributed by atoms with Crippen LogP contribution in [0.3, 0.4) is 0 Å². The Labute approximate surface area is 122 Å². The number of likely N-dealkylation sites (tertiary alicyclic amines) is 1. The van der Waals surface area contributed by atoms with E-state index in [9.17, 15) is 9.59 Å². The van der Waals surface area contributed by atoms with E-state index < -0.39 is 0 Å². The molecule has 1 unspecified atom stereocenters. The Morgan fingerprint density at radius 2 is 2.24 bits per heavy atom. The van der Waals surface area contributed by atoms with E-state index in [4.69, 9.17) is 0 Å². The third-order valence-electron chi connectivity index (χ3n) is 3.98. The van der Waals surface area contributed by atoms with Crippen LogP contribution in [-0.4, -0.2) is 46.3 Å². The van der Waals surface area contributed by atoms with Crippen LogP contribution >= 0.6 is 0 Å². The number of aromatic nitrogens is 2. The number of hydrogen-bond acceptors (Lipinski definition) is 3. The largest absolute Gasteiger partial charge is 0.357 e. The standard InChI is InChI=1S/C15H18N4O2/c1-16-14(20)13-4-2-3-7-19(13)15(21)10-5-6-11-12(8-10)18-9-17-11/h5-6,8-9,13H,2-4,7H2,1H3,(H,16,20)(H,17,18). The third kappa shape index (κ3) is 2.49. The van der Waals surface area contributed by atoms with Gasteiger partial charge in [-0.1, -0.05) is 0 Å². The summed E-state index contributed by atoms with van der Waals surface area (Å²) in [6.45, 7) is 0.623. The van der Waals surface area contributed by atoms with Gasteiger partial charge in [0.2, 0.25) is 5.91 Å². The zero-order chi connectivity index (χ0) is 14.8. The van der Waals surface area contributed by atoms with Crippen molar-refractivity contribution in [3.05, 3.63) is 30.1 Å². The van der Waals surface area contributed by atoms with E-state index in [0.29, 0.717) is 12.1 Å². The lowest BCUT2D eigenvalue weighted by atomic mass is 10.00. The van der Waals surface area contributed by atoms with Gasteiger partial charge in [-0.25, -0.2) is 4.98 Å². The molecule has 2 amide bonds. The lowest BCUT2D eigenvalue weighted by molar-refractivity contribution is -0.126. The van der Waals surface area contributed by atoms with Crippen molar-refractivity contribution in [2.24, 2.45) is 0 Å². The van der Waals surface area contributed by atoms with Crippen LogP contribution in [0.5, 0.6) is 0 Å². The highest BCUT2D eigenvalue weighted by atomic mass is 16.2. The fraction of sp³-hybridized carbons (Fsp3) is 0.400. The van der Waals surface area contributed by atoms with Crippen LogP contribution in [0.2, 0.25) is 0 Å². The molecule has 1 aliphatic heterocycles. The van der Waals surface area contributed by atoms with Gasteiger partial charge in [-0.3, -0.25) is 9.59 Å². The minimum atomic E-state index is -0.367. The molecule has 0 bridgehead atoms. The van der Waals surface area contributed by atoms with Gasteiger partial charge < -0.3 is 15.2 Å². The molecule has 0 radical (unpaired) electrons. The molecule has 21 heavy (non-hydrogen) atoms. The van der Waals surface area contributed by atoms with E-state index in [-0.39, 0.29) is 17.9 Å². The molecular weight excluding hydrogens is 268 g/mol. The van der Waals surface area contributed by atoms with Gasteiger partial charge in [-0.05, 0) is 37.5 Å². The van der Waals surface area contributed by atoms with Crippen molar-refractivity contribution in [3.8, 4) is 0 Å². The molecule has 2 heterocycles. The number of carbonyl (C=O) groups excluding carboxylic acids is 2. The summed E-state index contributed by atoms with van der Waals surface area (Å²) in [7, 11) is 1.61. The second kappa shape index (κ2) is 5.55. The minimum Gasteiger partial charge on any atom is -0.357 e. The normalized spacial score (nSPS) is 18.7. The van der Waals surface area contributed by atoms with Crippen molar-refractivity contribution in [2.45, 2.75) is 25.3 Å². The van der Waals surface area contributed by atoms with E-state index in [1.54, 1.807) is 30.4 Å². The lowest BCUT2D eigenvalue weighted by Crippen LogP contribution is -2.51. The van der Waals surface area contributed by atoms with Crippen LogP contribution in [-0.2, 0) is 4.79 Å². The number of rotatable bonds is 2. The van der Waals surface area contributed by atoms with Crippen molar-refractivity contribution in [1.29, 1.82) is 0 Å². The fourth-order valence-electron chi connectivity index (χ4n) is 2.85. The first-order valence-corrected chi connectivity index (χ1v) is 7.16. The number of likely N-dealkylation sites (N-methyl/N-ethyl adjacent to an activating group) is 1. The van der Waals surface area contributed by atoms with E-state index in [1.807, 2.05) is 6.07 Å². The zero-order valence-corrected chi connectivity index (χ0v) is 11.9. The topological polar surface area (TPSA) is 78.1 Å². The number of amides is 2. The highest BCUT2D eigenvalue weighted by Crippen LogP contribution is 2.21. The Kier molecular flexibility index (Phi) is 3.60. The first-order valence-electron chi connectivity index (χ1n) is 7.16. The Bertz CT molecular complexity index is 679. The molecule has 110 valence electrons.